The van der Waals surface area contributed by atoms with Gasteiger partial charge in [-0.25, -0.2) is 0 Å². The Morgan fingerprint density at radius 2 is 1.29 bits per heavy atom. The summed E-state index contributed by atoms with van der Waals surface area (Å²) in [5.41, 5.74) is 0. The molecule has 2 rings (SSSR count). The van der Waals surface area contributed by atoms with Crippen molar-refractivity contribution in [3.8, 4) is 0 Å². The van der Waals surface area contributed by atoms with Crippen LogP contribution in [0.25, 0.3) is 0 Å². The lowest BCUT2D eigenvalue weighted by molar-refractivity contribution is -0.973. The largest absolute Gasteiger partial charge is 0.382 e. The van der Waals surface area contributed by atoms with Crippen LogP contribution in [0.15, 0.2) is 0 Å². The number of rotatable bonds is 6. The molecule has 0 aromatic rings. The monoisotopic (exact) mass is 246 g/mol. The second-order valence-electron chi connectivity index (χ2n) is 5.78. The molecule has 0 aromatic carbocycles. The van der Waals surface area contributed by atoms with Gasteiger partial charge in [-0.15, -0.1) is 0 Å². The minimum absolute atomic E-state index is 0.0987. The highest BCUT2D eigenvalue weighted by Crippen LogP contribution is 1.91. The molecule has 4 N–H and O–H groups in total. The van der Waals surface area contributed by atoms with E-state index in [-0.39, 0.29) is 12.2 Å². The van der Waals surface area contributed by atoms with Gasteiger partial charge in [0.05, 0.1) is 13.2 Å². The first-order valence-electron chi connectivity index (χ1n) is 6.69. The third-order valence-electron chi connectivity index (χ3n) is 4.12. The molecule has 2 aliphatic heterocycles. The molecule has 2 heterocycles. The molecule has 2 saturated heterocycles. The first-order chi connectivity index (χ1) is 8.06. The summed E-state index contributed by atoms with van der Waals surface area (Å²) >= 11 is 0. The average Bonchev–Trinajstić information content (AvgIpc) is 2.20. The molecular weight excluding hydrogens is 220 g/mol. The zero-order chi connectivity index (χ0) is 12.4. The molecule has 0 aliphatic carbocycles. The van der Waals surface area contributed by atoms with Gasteiger partial charge in [0.25, 0.3) is 0 Å². The molecule has 2 aliphatic rings. The summed E-state index contributed by atoms with van der Waals surface area (Å²) in [6.45, 7) is 9.34. The van der Waals surface area contributed by atoms with Crippen LogP contribution in [-0.4, -0.2) is 73.9 Å². The quantitative estimate of drug-likeness (QED) is 0.390. The molecule has 0 amide bonds. The summed E-state index contributed by atoms with van der Waals surface area (Å²) in [6.07, 6.45) is -0.197. The third-order valence-corrected chi connectivity index (χ3v) is 4.12. The van der Waals surface area contributed by atoms with Crippen molar-refractivity contribution in [1.29, 1.82) is 0 Å². The Morgan fingerprint density at radius 3 is 1.59 bits per heavy atom. The van der Waals surface area contributed by atoms with Crippen molar-refractivity contribution in [2.45, 2.75) is 38.1 Å². The highest BCUT2D eigenvalue weighted by molar-refractivity contribution is 4.64. The SMILES string of the molecule is CC(COCC(C)[NH+]1CC(O)C1)[NH+]1CC(O)C1. The molecule has 0 radical (unpaired) electrons. The number of hydrogen-bond donors (Lipinski definition) is 4. The maximum absolute atomic E-state index is 9.23. The third kappa shape index (κ3) is 3.39. The van der Waals surface area contributed by atoms with Gasteiger partial charge in [-0.05, 0) is 13.8 Å². The predicted molar refractivity (Wildman–Crippen MR) is 63.2 cm³/mol. The molecule has 0 spiro atoms. The van der Waals surface area contributed by atoms with E-state index in [9.17, 15) is 10.2 Å². The normalized spacial score (nSPS) is 40.2. The topological polar surface area (TPSA) is 58.6 Å². The van der Waals surface area contributed by atoms with E-state index in [1.807, 2.05) is 0 Å². The number of aliphatic hydroxyl groups is 2. The zero-order valence-corrected chi connectivity index (χ0v) is 10.9. The van der Waals surface area contributed by atoms with E-state index in [1.165, 1.54) is 9.80 Å². The van der Waals surface area contributed by atoms with E-state index in [4.69, 9.17) is 4.74 Å². The van der Waals surface area contributed by atoms with Crippen molar-refractivity contribution >= 4 is 0 Å². The average molecular weight is 246 g/mol. The lowest BCUT2D eigenvalue weighted by atomic mass is 10.1. The summed E-state index contributed by atoms with van der Waals surface area (Å²) in [6, 6.07) is 0.949. The Kier molecular flexibility index (Phi) is 4.38. The van der Waals surface area contributed by atoms with Gasteiger partial charge in [0.1, 0.15) is 38.3 Å². The minimum atomic E-state index is -0.0987. The molecule has 2 unspecified atom stereocenters. The number of nitrogens with one attached hydrogen (secondary N) is 2. The van der Waals surface area contributed by atoms with Gasteiger partial charge in [0, 0.05) is 0 Å². The van der Waals surface area contributed by atoms with E-state index in [1.54, 1.807) is 0 Å². The highest BCUT2D eigenvalue weighted by Gasteiger charge is 2.35. The van der Waals surface area contributed by atoms with Crippen LogP contribution in [0.3, 0.4) is 0 Å². The van der Waals surface area contributed by atoms with Crippen LogP contribution in [0.4, 0.5) is 0 Å². The van der Waals surface area contributed by atoms with E-state index in [2.05, 4.69) is 13.8 Å². The van der Waals surface area contributed by atoms with Crippen molar-refractivity contribution in [3.63, 3.8) is 0 Å². The van der Waals surface area contributed by atoms with E-state index >= 15 is 0 Å². The van der Waals surface area contributed by atoms with Crippen LogP contribution in [-0.2, 0) is 4.74 Å². The van der Waals surface area contributed by atoms with Crippen LogP contribution in [0, 0.1) is 0 Å². The maximum Gasteiger partial charge on any atom is 0.152 e. The predicted octanol–water partition coefficient (Wildman–Crippen LogP) is -3.70. The Hall–Kier alpha value is -0.200. The Morgan fingerprint density at radius 1 is 0.941 bits per heavy atom. The van der Waals surface area contributed by atoms with Crippen LogP contribution in [0.5, 0.6) is 0 Å². The number of likely N-dealkylation sites (tertiary alicyclic amines) is 2. The van der Waals surface area contributed by atoms with Crippen LogP contribution >= 0.6 is 0 Å². The van der Waals surface area contributed by atoms with Crippen molar-refractivity contribution in [2.24, 2.45) is 0 Å². The van der Waals surface area contributed by atoms with E-state index < -0.39 is 0 Å². The number of aliphatic hydroxyl groups excluding tert-OH is 2. The highest BCUT2D eigenvalue weighted by atomic mass is 16.5. The summed E-state index contributed by atoms with van der Waals surface area (Å²) < 4.78 is 5.74. The fourth-order valence-corrected chi connectivity index (χ4v) is 2.55. The first kappa shape index (κ1) is 13.2. The van der Waals surface area contributed by atoms with Gasteiger partial charge in [-0.1, -0.05) is 0 Å². The fraction of sp³-hybridized carbons (Fsp3) is 1.00. The molecule has 0 bridgehead atoms. The summed E-state index contributed by atoms with van der Waals surface area (Å²) in [5, 5.41) is 18.5. The van der Waals surface area contributed by atoms with Gasteiger partial charge >= 0.3 is 0 Å². The maximum atomic E-state index is 9.23. The van der Waals surface area contributed by atoms with E-state index in [0.717, 1.165) is 39.4 Å². The zero-order valence-electron chi connectivity index (χ0n) is 10.9. The fourth-order valence-electron chi connectivity index (χ4n) is 2.55. The van der Waals surface area contributed by atoms with Gasteiger partial charge in [0.2, 0.25) is 0 Å². The molecular formula is C12H26N2O3+2. The summed E-state index contributed by atoms with van der Waals surface area (Å²) in [4.78, 5) is 2.88. The molecule has 0 aromatic heterocycles. The molecule has 0 saturated carbocycles. The van der Waals surface area contributed by atoms with E-state index in [0.29, 0.717) is 12.1 Å². The Bertz CT molecular complexity index is 216. The van der Waals surface area contributed by atoms with Crippen molar-refractivity contribution in [3.05, 3.63) is 0 Å². The van der Waals surface area contributed by atoms with Crippen molar-refractivity contribution in [2.75, 3.05) is 39.4 Å². The first-order valence-corrected chi connectivity index (χ1v) is 6.69. The van der Waals surface area contributed by atoms with Gasteiger partial charge < -0.3 is 24.7 Å². The standard InChI is InChI=1S/C12H24N2O3/c1-9(13-3-11(15)4-13)7-17-8-10(2)14-5-12(16)6-14/h9-12,15-16H,3-8H2,1-2H3/p+2. The van der Waals surface area contributed by atoms with Gasteiger partial charge in [0.15, 0.2) is 12.2 Å². The molecule has 17 heavy (non-hydrogen) atoms. The summed E-state index contributed by atoms with van der Waals surface area (Å²) in [5.74, 6) is 0. The molecule has 5 heteroatoms. The Labute approximate surface area is 103 Å². The smallest absolute Gasteiger partial charge is 0.152 e. The van der Waals surface area contributed by atoms with Gasteiger partial charge in [-0.2, -0.15) is 0 Å². The second kappa shape index (κ2) is 5.63. The second-order valence-corrected chi connectivity index (χ2v) is 5.78. The van der Waals surface area contributed by atoms with Gasteiger partial charge in [-0.3, -0.25) is 0 Å². The summed E-state index contributed by atoms with van der Waals surface area (Å²) in [7, 11) is 0. The minimum Gasteiger partial charge on any atom is -0.382 e. The van der Waals surface area contributed by atoms with Crippen LogP contribution in [0.2, 0.25) is 0 Å². The van der Waals surface area contributed by atoms with Crippen LogP contribution in [0.1, 0.15) is 13.8 Å². The lowest BCUT2D eigenvalue weighted by Crippen LogP contribution is -3.25. The number of ether oxygens (including phenoxy) is 1. The molecule has 2 fully saturated rings. The van der Waals surface area contributed by atoms with Crippen molar-refractivity contribution in [1.82, 2.24) is 0 Å². The number of hydrogen-bond acceptors (Lipinski definition) is 3. The van der Waals surface area contributed by atoms with Crippen LogP contribution < -0.4 is 9.80 Å². The van der Waals surface area contributed by atoms with Crippen molar-refractivity contribution < 1.29 is 24.7 Å². The molecule has 2 atom stereocenters. The Balaban J connectivity index is 1.53. The lowest BCUT2D eigenvalue weighted by Gasteiger charge is -2.38. The molecule has 5 nitrogen and oxygen atoms in total. The number of quaternary nitrogens is 2. The molecule has 100 valence electrons.